The molecule has 0 fully saturated rings. The highest BCUT2D eigenvalue weighted by molar-refractivity contribution is 6.62. The van der Waals surface area contributed by atoms with Crippen molar-refractivity contribution in [2.24, 2.45) is 0 Å². The van der Waals surface area contributed by atoms with E-state index in [9.17, 15) is 0 Å². The Balaban J connectivity index is 2.64. The molecular weight excluding hydrogens is 200 g/mol. The number of benzene rings is 1. The smallest absolute Gasteiger partial charge is 0.119 e. The highest BCUT2D eigenvalue weighted by Crippen LogP contribution is 2.14. The molecule has 0 N–H and O–H groups in total. The molecule has 1 aromatic carbocycles. The summed E-state index contributed by atoms with van der Waals surface area (Å²) in [5, 5.41) is 0. The third-order valence-electron chi connectivity index (χ3n) is 1.86. The topological polar surface area (TPSA) is 9.23 Å². The Morgan fingerprint density at radius 3 is 2.20 bits per heavy atom. The fourth-order valence-corrected chi connectivity index (χ4v) is 1.72. The summed E-state index contributed by atoms with van der Waals surface area (Å²) in [6.45, 7) is 8.63. The highest BCUT2D eigenvalue weighted by atomic mass is 28.3. The number of ether oxygens (including phenoxy) is 1. The fraction of sp³-hybridized carbons (Fsp3) is 0.385. The first-order chi connectivity index (χ1) is 7.08. The zero-order chi connectivity index (χ0) is 11.3. The lowest BCUT2D eigenvalue weighted by Gasteiger charge is -2.09. The van der Waals surface area contributed by atoms with Gasteiger partial charge >= 0.3 is 0 Å². The average molecular weight is 219 g/mol. The summed E-state index contributed by atoms with van der Waals surface area (Å²) in [4.78, 5) is 0. The molecule has 0 amide bonds. The fourth-order valence-electron chi connectivity index (χ4n) is 1.19. The molecule has 0 spiro atoms. The summed E-state index contributed by atoms with van der Waals surface area (Å²) >= 11 is 0. The van der Waals surface area contributed by atoms with E-state index in [0.717, 1.165) is 5.75 Å². The van der Waals surface area contributed by atoms with Crippen LogP contribution in [0.4, 0.5) is 0 Å². The van der Waals surface area contributed by atoms with E-state index in [-0.39, 0.29) is 14.9 Å². The molecule has 2 heteroatoms. The van der Waals surface area contributed by atoms with Crippen LogP contribution < -0.4 is 4.74 Å². The summed E-state index contributed by atoms with van der Waals surface area (Å²) in [7, 11) is -0.273. The minimum Gasteiger partial charge on any atom is -0.491 e. The van der Waals surface area contributed by atoms with E-state index in [0.29, 0.717) is 0 Å². The highest BCUT2D eigenvalue weighted by Gasteiger charge is 1.96. The van der Waals surface area contributed by atoms with Crippen molar-refractivity contribution in [3.05, 3.63) is 35.5 Å². The summed E-state index contributed by atoms with van der Waals surface area (Å²) in [5.41, 5.74) is 3.54. The Morgan fingerprint density at radius 1 is 1.13 bits per heavy atom. The second-order valence-corrected chi connectivity index (χ2v) is 6.63. The van der Waals surface area contributed by atoms with Crippen LogP contribution in [0.2, 0.25) is 13.1 Å². The maximum Gasteiger partial charge on any atom is 0.119 e. The lowest BCUT2D eigenvalue weighted by molar-refractivity contribution is 0.242. The molecule has 0 bridgehead atoms. The minimum atomic E-state index is -0.273. The maximum atomic E-state index is 5.58. The van der Waals surface area contributed by atoms with Gasteiger partial charge in [-0.2, -0.15) is 0 Å². The van der Waals surface area contributed by atoms with E-state index in [2.05, 4.69) is 37.0 Å². The first-order valence-corrected chi connectivity index (χ1v) is 7.90. The van der Waals surface area contributed by atoms with Crippen LogP contribution in [-0.2, 0) is 0 Å². The van der Waals surface area contributed by atoms with Crippen molar-refractivity contribution in [3.8, 4) is 5.75 Å². The molecule has 1 rings (SSSR count). The lowest BCUT2D eigenvalue weighted by Crippen LogP contribution is -2.05. The number of hydrogen-bond donors (Lipinski definition) is 0. The van der Waals surface area contributed by atoms with E-state index in [1.165, 1.54) is 5.56 Å². The van der Waals surface area contributed by atoms with Crippen LogP contribution in [0, 0.1) is 0 Å². The number of rotatable bonds is 4. The van der Waals surface area contributed by atoms with Crippen LogP contribution in [0.3, 0.4) is 0 Å². The molecule has 1 radical (unpaired) electrons. The first kappa shape index (κ1) is 12.0. The van der Waals surface area contributed by atoms with Gasteiger partial charge in [-0.15, -0.1) is 0 Å². The van der Waals surface area contributed by atoms with Crippen molar-refractivity contribution in [1.29, 1.82) is 0 Å². The van der Waals surface area contributed by atoms with Gasteiger partial charge in [0.05, 0.1) is 14.9 Å². The SMILES string of the molecule is CC(C)Oc1ccc(C=C[Si](C)C)cc1. The van der Waals surface area contributed by atoms with E-state index in [4.69, 9.17) is 4.74 Å². The standard InChI is InChI=1S/C13H19OSi/c1-11(2)14-13-7-5-12(6-8-13)9-10-15(3)4/h5-11H,1-4H3. The number of hydrogen-bond acceptors (Lipinski definition) is 1. The van der Waals surface area contributed by atoms with Crippen molar-refractivity contribution in [1.82, 2.24) is 0 Å². The molecule has 0 atom stereocenters. The Labute approximate surface area is 94.4 Å². The van der Waals surface area contributed by atoms with Gasteiger partial charge in [-0.1, -0.05) is 37.0 Å². The average Bonchev–Trinajstić information content (AvgIpc) is 2.16. The second kappa shape index (κ2) is 5.76. The largest absolute Gasteiger partial charge is 0.491 e. The van der Waals surface area contributed by atoms with Gasteiger partial charge in [0.15, 0.2) is 0 Å². The van der Waals surface area contributed by atoms with Crippen LogP contribution >= 0.6 is 0 Å². The minimum absolute atomic E-state index is 0.243. The Bertz CT molecular complexity index is 312. The van der Waals surface area contributed by atoms with Gasteiger partial charge in [0, 0.05) is 0 Å². The molecule has 0 unspecified atom stereocenters. The van der Waals surface area contributed by atoms with Gasteiger partial charge in [0.1, 0.15) is 5.75 Å². The third-order valence-corrected chi connectivity index (χ3v) is 2.69. The molecule has 0 aromatic heterocycles. The molecule has 81 valence electrons. The Kier molecular flexibility index (Phi) is 4.63. The van der Waals surface area contributed by atoms with E-state index < -0.39 is 0 Å². The van der Waals surface area contributed by atoms with Crippen molar-refractivity contribution in [2.75, 3.05) is 0 Å². The van der Waals surface area contributed by atoms with Gasteiger partial charge in [-0.3, -0.25) is 0 Å². The van der Waals surface area contributed by atoms with Crippen molar-refractivity contribution in [2.45, 2.75) is 33.0 Å². The van der Waals surface area contributed by atoms with E-state index in [1.807, 2.05) is 26.0 Å². The third kappa shape index (κ3) is 4.84. The zero-order valence-corrected chi connectivity index (χ0v) is 10.9. The summed E-state index contributed by atoms with van der Waals surface area (Å²) in [5.74, 6) is 0.945. The van der Waals surface area contributed by atoms with E-state index >= 15 is 0 Å². The molecule has 0 saturated heterocycles. The predicted octanol–water partition coefficient (Wildman–Crippen LogP) is 3.78. The van der Waals surface area contributed by atoms with Crippen LogP contribution in [0.5, 0.6) is 5.75 Å². The molecule has 0 aliphatic rings. The molecule has 1 nitrogen and oxygen atoms in total. The van der Waals surface area contributed by atoms with Crippen LogP contribution in [-0.4, -0.2) is 14.9 Å². The first-order valence-electron chi connectivity index (χ1n) is 5.33. The van der Waals surface area contributed by atoms with Gasteiger partial charge in [-0.25, -0.2) is 0 Å². The van der Waals surface area contributed by atoms with Crippen molar-refractivity contribution < 1.29 is 4.74 Å². The Hall–Kier alpha value is -1.02. The molecule has 1 aromatic rings. The molecule has 0 aliphatic heterocycles. The zero-order valence-electron chi connectivity index (χ0n) is 9.95. The quantitative estimate of drug-likeness (QED) is 0.700. The lowest BCUT2D eigenvalue weighted by atomic mass is 10.2. The maximum absolute atomic E-state index is 5.58. The van der Waals surface area contributed by atoms with Gasteiger partial charge in [0.25, 0.3) is 0 Å². The van der Waals surface area contributed by atoms with Gasteiger partial charge < -0.3 is 4.74 Å². The second-order valence-electron chi connectivity index (χ2n) is 4.15. The van der Waals surface area contributed by atoms with Crippen LogP contribution in [0.1, 0.15) is 19.4 Å². The predicted molar refractivity (Wildman–Crippen MR) is 68.7 cm³/mol. The van der Waals surface area contributed by atoms with E-state index in [1.54, 1.807) is 0 Å². The van der Waals surface area contributed by atoms with Gasteiger partial charge in [-0.05, 0) is 31.5 Å². The van der Waals surface area contributed by atoms with Crippen molar-refractivity contribution >= 4 is 14.9 Å². The molecule has 0 saturated carbocycles. The summed E-state index contributed by atoms with van der Waals surface area (Å²) in [6, 6.07) is 8.24. The summed E-state index contributed by atoms with van der Waals surface area (Å²) in [6.07, 6.45) is 2.43. The molecule has 0 aliphatic carbocycles. The van der Waals surface area contributed by atoms with Crippen LogP contribution in [0.25, 0.3) is 6.08 Å². The normalized spacial score (nSPS) is 11.6. The Morgan fingerprint density at radius 2 is 1.73 bits per heavy atom. The van der Waals surface area contributed by atoms with Crippen molar-refractivity contribution in [3.63, 3.8) is 0 Å². The molecule has 15 heavy (non-hydrogen) atoms. The monoisotopic (exact) mass is 219 g/mol. The molecular formula is C13H19OSi. The van der Waals surface area contributed by atoms with Crippen LogP contribution in [0.15, 0.2) is 30.0 Å². The van der Waals surface area contributed by atoms with Gasteiger partial charge in [0.2, 0.25) is 0 Å². The molecule has 0 heterocycles. The summed E-state index contributed by atoms with van der Waals surface area (Å²) < 4.78 is 5.58.